The van der Waals surface area contributed by atoms with Gasteiger partial charge in [-0.3, -0.25) is 0 Å². The lowest BCUT2D eigenvalue weighted by Crippen LogP contribution is -2.16. The van der Waals surface area contributed by atoms with Crippen LogP contribution >= 0.6 is 0 Å². The molecule has 2 nitrogen and oxygen atoms in total. The van der Waals surface area contributed by atoms with Crippen molar-refractivity contribution in [1.29, 1.82) is 0 Å². The second kappa shape index (κ2) is 4.89. The van der Waals surface area contributed by atoms with Gasteiger partial charge in [-0.25, -0.2) is 0 Å². The molecule has 0 amide bonds. The molecule has 1 aliphatic heterocycles. The van der Waals surface area contributed by atoms with Crippen molar-refractivity contribution in [3.8, 4) is 0 Å². The Morgan fingerprint density at radius 2 is 2.21 bits per heavy atom. The van der Waals surface area contributed by atoms with Gasteiger partial charge < -0.3 is 10.5 Å². The van der Waals surface area contributed by atoms with E-state index < -0.39 is 0 Å². The normalized spacial score (nSPS) is 27.5. The Balaban J connectivity index is 2.78. The fourth-order valence-corrected chi connectivity index (χ4v) is 1.41. The zero-order valence-electron chi connectivity index (χ0n) is 9.21. The summed E-state index contributed by atoms with van der Waals surface area (Å²) in [5.74, 6) is 1.49. The first-order valence-corrected chi connectivity index (χ1v) is 5.02. The number of nitrogens with two attached hydrogens (primary N) is 1. The minimum atomic E-state index is 0.564. The summed E-state index contributed by atoms with van der Waals surface area (Å²) in [5.41, 5.74) is 7.93. The number of hydrogen-bond acceptors (Lipinski definition) is 2. The SMILES string of the molecule is CC(C)=C/C=C1/OCC(C)C/C1=C/N. The van der Waals surface area contributed by atoms with Crippen molar-refractivity contribution in [2.75, 3.05) is 6.61 Å². The van der Waals surface area contributed by atoms with Crippen LogP contribution in [-0.4, -0.2) is 6.61 Å². The highest BCUT2D eigenvalue weighted by Crippen LogP contribution is 2.26. The summed E-state index contributed by atoms with van der Waals surface area (Å²) in [5, 5.41) is 0. The molecule has 0 bridgehead atoms. The molecule has 2 N–H and O–H groups in total. The molecule has 1 heterocycles. The van der Waals surface area contributed by atoms with Gasteiger partial charge in [0, 0.05) is 11.8 Å². The number of hydrogen-bond donors (Lipinski definition) is 1. The molecule has 0 radical (unpaired) electrons. The summed E-state index contributed by atoms with van der Waals surface area (Å²) in [4.78, 5) is 0. The van der Waals surface area contributed by atoms with Gasteiger partial charge >= 0.3 is 0 Å². The topological polar surface area (TPSA) is 35.2 Å². The van der Waals surface area contributed by atoms with E-state index in [2.05, 4.69) is 26.8 Å². The molecule has 0 aromatic carbocycles. The van der Waals surface area contributed by atoms with Crippen LogP contribution in [0.25, 0.3) is 0 Å². The van der Waals surface area contributed by atoms with Crippen molar-refractivity contribution in [3.63, 3.8) is 0 Å². The molecular formula is C12H19NO. The van der Waals surface area contributed by atoms with E-state index in [0.29, 0.717) is 5.92 Å². The van der Waals surface area contributed by atoms with Crippen LogP contribution < -0.4 is 5.73 Å². The summed E-state index contributed by atoms with van der Waals surface area (Å²) in [7, 11) is 0. The van der Waals surface area contributed by atoms with Crippen molar-refractivity contribution >= 4 is 0 Å². The molecule has 0 saturated carbocycles. The van der Waals surface area contributed by atoms with Crippen LogP contribution in [0.5, 0.6) is 0 Å². The molecule has 1 unspecified atom stereocenters. The van der Waals surface area contributed by atoms with Crippen molar-refractivity contribution in [2.24, 2.45) is 11.7 Å². The van der Waals surface area contributed by atoms with Gasteiger partial charge in [0.1, 0.15) is 5.76 Å². The van der Waals surface area contributed by atoms with Crippen LogP contribution in [0.4, 0.5) is 0 Å². The second-order valence-corrected chi connectivity index (χ2v) is 4.09. The lowest BCUT2D eigenvalue weighted by atomic mass is 9.98. The standard InChI is InChI=1S/C12H19NO/c1-9(2)4-5-12-11(7-13)6-10(3)8-14-12/h4-5,7,10H,6,8,13H2,1-3H3/b11-7-,12-5+. The first-order valence-electron chi connectivity index (χ1n) is 5.02. The largest absolute Gasteiger partial charge is 0.493 e. The zero-order valence-corrected chi connectivity index (χ0v) is 9.21. The van der Waals surface area contributed by atoms with Gasteiger partial charge in [-0.2, -0.15) is 0 Å². The van der Waals surface area contributed by atoms with Crippen LogP contribution in [0.1, 0.15) is 27.2 Å². The Hall–Kier alpha value is -1.18. The average molecular weight is 193 g/mol. The minimum Gasteiger partial charge on any atom is -0.493 e. The van der Waals surface area contributed by atoms with Gasteiger partial charge in [-0.15, -0.1) is 0 Å². The molecule has 1 saturated heterocycles. The maximum atomic E-state index is 5.61. The van der Waals surface area contributed by atoms with E-state index in [1.165, 1.54) is 5.57 Å². The molecule has 0 aromatic rings. The van der Waals surface area contributed by atoms with Gasteiger partial charge in [0.2, 0.25) is 0 Å². The summed E-state index contributed by atoms with van der Waals surface area (Å²) in [6.45, 7) is 7.09. The van der Waals surface area contributed by atoms with Gasteiger partial charge in [0.15, 0.2) is 0 Å². The number of rotatable bonds is 1. The van der Waals surface area contributed by atoms with Gasteiger partial charge in [0.05, 0.1) is 6.61 Å². The first kappa shape index (κ1) is 10.9. The molecule has 0 spiro atoms. The third kappa shape index (κ3) is 2.95. The van der Waals surface area contributed by atoms with Crippen LogP contribution in [0.15, 0.2) is 35.3 Å². The summed E-state index contributed by atoms with van der Waals surface area (Å²) < 4.78 is 5.61. The van der Waals surface area contributed by atoms with Crippen molar-refractivity contribution in [2.45, 2.75) is 27.2 Å². The van der Waals surface area contributed by atoms with E-state index in [0.717, 1.165) is 24.4 Å². The summed E-state index contributed by atoms with van der Waals surface area (Å²) >= 11 is 0. The molecule has 0 aliphatic carbocycles. The van der Waals surface area contributed by atoms with Gasteiger partial charge in [-0.1, -0.05) is 18.6 Å². The zero-order chi connectivity index (χ0) is 10.6. The van der Waals surface area contributed by atoms with E-state index >= 15 is 0 Å². The summed E-state index contributed by atoms with van der Waals surface area (Å²) in [6, 6.07) is 0. The molecule has 1 aliphatic rings. The highest BCUT2D eigenvalue weighted by molar-refractivity contribution is 5.31. The fraction of sp³-hybridized carbons (Fsp3) is 0.500. The molecule has 78 valence electrons. The van der Waals surface area contributed by atoms with Crippen LogP contribution in [-0.2, 0) is 4.74 Å². The lowest BCUT2D eigenvalue weighted by molar-refractivity contribution is 0.152. The predicted octanol–water partition coefficient (Wildman–Crippen LogP) is 2.74. The summed E-state index contributed by atoms with van der Waals surface area (Å²) in [6.07, 6.45) is 6.72. The minimum absolute atomic E-state index is 0.564. The van der Waals surface area contributed by atoms with E-state index in [1.807, 2.05) is 6.08 Å². The van der Waals surface area contributed by atoms with Crippen LogP contribution in [0.3, 0.4) is 0 Å². The maximum absolute atomic E-state index is 5.61. The molecule has 1 fully saturated rings. The second-order valence-electron chi connectivity index (χ2n) is 4.09. The Morgan fingerprint density at radius 3 is 2.79 bits per heavy atom. The Kier molecular flexibility index (Phi) is 3.81. The molecule has 14 heavy (non-hydrogen) atoms. The number of allylic oxidation sites excluding steroid dienone is 4. The first-order chi connectivity index (χ1) is 6.63. The predicted molar refractivity (Wildman–Crippen MR) is 59.5 cm³/mol. The third-order valence-electron chi connectivity index (χ3n) is 2.18. The average Bonchev–Trinajstić information content (AvgIpc) is 2.15. The smallest absolute Gasteiger partial charge is 0.123 e. The van der Waals surface area contributed by atoms with E-state index in [-0.39, 0.29) is 0 Å². The van der Waals surface area contributed by atoms with Gasteiger partial charge in [-0.05, 0) is 32.3 Å². The molecule has 1 atom stereocenters. The Bertz CT molecular complexity index is 283. The van der Waals surface area contributed by atoms with E-state index in [9.17, 15) is 0 Å². The highest BCUT2D eigenvalue weighted by Gasteiger charge is 2.17. The van der Waals surface area contributed by atoms with E-state index in [4.69, 9.17) is 10.5 Å². The maximum Gasteiger partial charge on any atom is 0.123 e. The Morgan fingerprint density at radius 1 is 1.50 bits per heavy atom. The lowest BCUT2D eigenvalue weighted by Gasteiger charge is -2.24. The Labute approximate surface area is 86.1 Å². The molecule has 1 rings (SSSR count). The van der Waals surface area contributed by atoms with Gasteiger partial charge in [0.25, 0.3) is 0 Å². The van der Waals surface area contributed by atoms with Crippen LogP contribution in [0.2, 0.25) is 0 Å². The number of ether oxygens (including phenoxy) is 1. The molecule has 2 heteroatoms. The molecular weight excluding hydrogens is 174 g/mol. The van der Waals surface area contributed by atoms with Crippen molar-refractivity contribution < 1.29 is 4.74 Å². The van der Waals surface area contributed by atoms with Crippen molar-refractivity contribution in [3.05, 3.63) is 35.3 Å². The fourth-order valence-electron chi connectivity index (χ4n) is 1.41. The quantitative estimate of drug-likeness (QED) is 0.695. The monoisotopic (exact) mass is 193 g/mol. The van der Waals surface area contributed by atoms with Crippen molar-refractivity contribution in [1.82, 2.24) is 0 Å². The molecule has 0 aromatic heterocycles. The van der Waals surface area contributed by atoms with Crippen LogP contribution in [0, 0.1) is 5.92 Å². The highest BCUT2D eigenvalue weighted by atomic mass is 16.5. The third-order valence-corrected chi connectivity index (χ3v) is 2.18. The van der Waals surface area contributed by atoms with E-state index in [1.54, 1.807) is 6.20 Å².